The molecule has 1 aromatic carbocycles. The van der Waals surface area contributed by atoms with Crippen LogP contribution >= 0.6 is 0 Å². The minimum atomic E-state index is 1.05. The van der Waals surface area contributed by atoms with Crippen LogP contribution in [0.1, 0.15) is 30.9 Å². The molecule has 0 spiro atoms. The third kappa shape index (κ3) is 2.38. The molecule has 0 unspecified atom stereocenters. The first-order valence-electron chi connectivity index (χ1n) is 6.22. The van der Waals surface area contributed by atoms with Crippen molar-refractivity contribution in [3.8, 4) is 5.75 Å². The van der Waals surface area contributed by atoms with Crippen molar-refractivity contribution in [1.82, 2.24) is 4.90 Å². The van der Waals surface area contributed by atoms with E-state index >= 15 is 0 Å². The SMILES string of the molecule is CCCCN1CCc2cccc(OC)c2C1. The highest BCUT2D eigenvalue weighted by Gasteiger charge is 2.18. The molecule has 0 fully saturated rings. The second-order valence-corrected chi connectivity index (χ2v) is 4.48. The highest BCUT2D eigenvalue weighted by atomic mass is 16.5. The minimum absolute atomic E-state index is 1.05. The van der Waals surface area contributed by atoms with Gasteiger partial charge in [-0.2, -0.15) is 0 Å². The van der Waals surface area contributed by atoms with Crippen LogP contribution in [0.25, 0.3) is 0 Å². The highest BCUT2D eigenvalue weighted by Crippen LogP contribution is 2.27. The monoisotopic (exact) mass is 219 g/mol. The quantitative estimate of drug-likeness (QED) is 0.772. The maximum Gasteiger partial charge on any atom is 0.123 e. The van der Waals surface area contributed by atoms with Gasteiger partial charge in [-0.1, -0.05) is 25.5 Å². The topological polar surface area (TPSA) is 12.5 Å². The van der Waals surface area contributed by atoms with Gasteiger partial charge >= 0.3 is 0 Å². The first-order valence-corrected chi connectivity index (χ1v) is 6.22. The van der Waals surface area contributed by atoms with Crippen molar-refractivity contribution in [3.05, 3.63) is 29.3 Å². The minimum Gasteiger partial charge on any atom is -0.496 e. The first kappa shape index (κ1) is 11.5. The van der Waals surface area contributed by atoms with E-state index in [4.69, 9.17) is 4.74 Å². The Kier molecular flexibility index (Phi) is 3.83. The smallest absolute Gasteiger partial charge is 0.123 e. The third-order valence-corrected chi connectivity index (χ3v) is 3.36. The predicted octanol–water partition coefficient (Wildman–Crippen LogP) is 2.85. The second kappa shape index (κ2) is 5.35. The summed E-state index contributed by atoms with van der Waals surface area (Å²) in [5, 5.41) is 0. The van der Waals surface area contributed by atoms with Gasteiger partial charge in [0.2, 0.25) is 0 Å². The maximum atomic E-state index is 5.44. The number of rotatable bonds is 4. The lowest BCUT2D eigenvalue weighted by molar-refractivity contribution is 0.245. The Balaban J connectivity index is 2.11. The number of nitrogens with zero attached hydrogens (tertiary/aromatic N) is 1. The molecule has 0 atom stereocenters. The average molecular weight is 219 g/mol. The zero-order chi connectivity index (χ0) is 11.4. The van der Waals surface area contributed by atoms with E-state index in [9.17, 15) is 0 Å². The Labute approximate surface area is 98.2 Å². The molecule has 2 rings (SSSR count). The van der Waals surface area contributed by atoms with Crippen molar-refractivity contribution in [2.24, 2.45) is 0 Å². The number of ether oxygens (including phenoxy) is 1. The maximum absolute atomic E-state index is 5.44. The third-order valence-electron chi connectivity index (χ3n) is 3.36. The van der Waals surface area contributed by atoms with Crippen LogP contribution in [0.15, 0.2) is 18.2 Å². The molecule has 0 aromatic heterocycles. The zero-order valence-electron chi connectivity index (χ0n) is 10.3. The van der Waals surface area contributed by atoms with E-state index in [1.165, 1.54) is 37.1 Å². The van der Waals surface area contributed by atoms with Gasteiger partial charge in [0, 0.05) is 18.7 Å². The van der Waals surface area contributed by atoms with Crippen molar-refractivity contribution >= 4 is 0 Å². The van der Waals surface area contributed by atoms with Gasteiger partial charge < -0.3 is 4.74 Å². The molecule has 0 N–H and O–H groups in total. The summed E-state index contributed by atoms with van der Waals surface area (Å²) in [4.78, 5) is 2.54. The van der Waals surface area contributed by atoms with Gasteiger partial charge in [0.05, 0.1) is 7.11 Å². The largest absolute Gasteiger partial charge is 0.496 e. The Morgan fingerprint density at radius 2 is 2.25 bits per heavy atom. The molecule has 1 heterocycles. The molecular weight excluding hydrogens is 198 g/mol. The Hall–Kier alpha value is -1.02. The van der Waals surface area contributed by atoms with E-state index < -0.39 is 0 Å². The summed E-state index contributed by atoms with van der Waals surface area (Å²) in [5.41, 5.74) is 2.86. The summed E-state index contributed by atoms with van der Waals surface area (Å²) < 4.78 is 5.44. The molecule has 0 bridgehead atoms. The molecule has 1 aliphatic heterocycles. The van der Waals surface area contributed by atoms with Crippen LogP contribution in [0.5, 0.6) is 5.75 Å². The fourth-order valence-electron chi connectivity index (χ4n) is 2.37. The van der Waals surface area contributed by atoms with E-state index in [-0.39, 0.29) is 0 Å². The molecule has 1 aromatic rings. The zero-order valence-corrected chi connectivity index (χ0v) is 10.3. The van der Waals surface area contributed by atoms with Crippen LogP contribution in [0, 0.1) is 0 Å². The van der Waals surface area contributed by atoms with Crippen molar-refractivity contribution in [2.45, 2.75) is 32.7 Å². The van der Waals surface area contributed by atoms with Crippen molar-refractivity contribution in [2.75, 3.05) is 20.2 Å². The van der Waals surface area contributed by atoms with Gasteiger partial charge in [-0.3, -0.25) is 4.90 Å². The van der Waals surface area contributed by atoms with Gasteiger partial charge in [-0.05, 0) is 31.0 Å². The van der Waals surface area contributed by atoms with Crippen LogP contribution in [0.4, 0.5) is 0 Å². The summed E-state index contributed by atoms with van der Waals surface area (Å²) in [5.74, 6) is 1.05. The summed E-state index contributed by atoms with van der Waals surface area (Å²) in [7, 11) is 1.76. The van der Waals surface area contributed by atoms with Gasteiger partial charge in [-0.25, -0.2) is 0 Å². The van der Waals surface area contributed by atoms with Crippen LogP contribution < -0.4 is 4.74 Å². The lowest BCUT2D eigenvalue weighted by Gasteiger charge is -2.29. The van der Waals surface area contributed by atoms with Crippen molar-refractivity contribution in [1.29, 1.82) is 0 Å². The standard InChI is InChI=1S/C14H21NO/c1-3-4-9-15-10-8-12-6-5-7-14(16-2)13(12)11-15/h5-7H,3-4,8-11H2,1-2H3. The Bertz CT molecular complexity index is 334. The van der Waals surface area contributed by atoms with Gasteiger partial charge in [0.15, 0.2) is 0 Å². The number of hydrogen-bond acceptors (Lipinski definition) is 2. The molecule has 0 amide bonds. The fraction of sp³-hybridized carbons (Fsp3) is 0.571. The normalized spacial score (nSPS) is 15.9. The van der Waals surface area contributed by atoms with E-state index in [2.05, 4.69) is 30.0 Å². The molecular formula is C14H21NO. The fourth-order valence-corrected chi connectivity index (χ4v) is 2.37. The molecule has 0 saturated heterocycles. The molecule has 1 aliphatic rings. The molecule has 0 aliphatic carbocycles. The number of methoxy groups -OCH3 is 1. The lowest BCUT2D eigenvalue weighted by atomic mass is 9.98. The van der Waals surface area contributed by atoms with Gasteiger partial charge in [0.1, 0.15) is 5.75 Å². The molecule has 88 valence electrons. The van der Waals surface area contributed by atoms with Crippen LogP contribution in [0.3, 0.4) is 0 Å². The van der Waals surface area contributed by atoms with E-state index in [1.807, 2.05) is 0 Å². The number of benzene rings is 1. The second-order valence-electron chi connectivity index (χ2n) is 4.48. The molecule has 2 heteroatoms. The Morgan fingerprint density at radius 1 is 1.38 bits per heavy atom. The lowest BCUT2D eigenvalue weighted by Crippen LogP contribution is -2.31. The summed E-state index contributed by atoms with van der Waals surface area (Å²) >= 11 is 0. The van der Waals surface area contributed by atoms with Crippen LogP contribution in [0.2, 0.25) is 0 Å². The average Bonchev–Trinajstić information content (AvgIpc) is 2.35. The van der Waals surface area contributed by atoms with Crippen molar-refractivity contribution < 1.29 is 4.74 Å². The van der Waals surface area contributed by atoms with Crippen LogP contribution in [-0.4, -0.2) is 25.1 Å². The van der Waals surface area contributed by atoms with Crippen LogP contribution in [-0.2, 0) is 13.0 Å². The van der Waals surface area contributed by atoms with Gasteiger partial charge in [0.25, 0.3) is 0 Å². The van der Waals surface area contributed by atoms with Crippen molar-refractivity contribution in [3.63, 3.8) is 0 Å². The number of hydrogen-bond donors (Lipinski definition) is 0. The van der Waals surface area contributed by atoms with E-state index in [0.29, 0.717) is 0 Å². The predicted molar refractivity (Wildman–Crippen MR) is 66.9 cm³/mol. The molecule has 0 saturated carbocycles. The summed E-state index contributed by atoms with van der Waals surface area (Å²) in [6.45, 7) is 5.71. The highest BCUT2D eigenvalue weighted by molar-refractivity contribution is 5.41. The molecule has 0 radical (unpaired) electrons. The molecule has 16 heavy (non-hydrogen) atoms. The summed E-state index contributed by atoms with van der Waals surface area (Å²) in [6.07, 6.45) is 3.73. The summed E-state index contributed by atoms with van der Waals surface area (Å²) in [6, 6.07) is 6.40. The first-order chi connectivity index (χ1) is 7.85. The van der Waals surface area contributed by atoms with E-state index in [1.54, 1.807) is 7.11 Å². The van der Waals surface area contributed by atoms with E-state index in [0.717, 1.165) is 18.7 Å². The number of unbranched alkanes of at least 4 members (excludes halogenated alkanes) is 1. The number of fused-ring (bicyclic) bond motifs is 1. The Morgan fingerprint density at radius 3 is 3.00 bits per heavy atom. The molecule has 2 nitrogen and oxygen atoms in total. The van der Waals surface area contributed by atoms with Gasteiger partial charge in [-0.15, -0.1) is 0 Å².